The standard InChI is InChI=1S/C9H14N6O3/c1-9(18-4-3-10-2)13-5-6(14-15-9)11-8(17)12-7(5)16/h10,13H,3-4H2,1-2H3,(H2,11,12,16,17). The molecule has 18 heavy (non-hydrogen) atoms. The van der Waals surface area contributed by atoms with Crippen LogP contribution in [0.15, 0.2) is 19.8 Å². The quantitative estimate of drug-likeness (QED) is 0.538. The average Bonchev–Trinajstić information content (AvgIpc) is 2.31. The molecule has 0 amide bonds. The first kappa shape index (κ1) is 12.5. The van der Waals surface area contributed by atoms with Gasteiger partial charge in [-0.3, -0.25) is 14.8 Å². The number of fused-ring (bicyclic) bond motifs is 1. The molecule has 1 aliphatic heterocycles. The second-order valence-corrected chi connectivity index (χ2v) is 3.89. The number of hydrogen-bond acceptors (Lipinski definition) is 7. The molecule has 1 aromatic heterocycles. The van der Waals surface area contributed by atoms with Crippen LogP contribution in [0.1, 0.15) is 6.92 Å². The van der Waals surface area contributed by atoms with Gasteiger partial charge in [-0.1, -0.05) is 0 Å². The van der Waals surface area contributed by atoms with Gasteiger partial charge in [0.2, 0.25) is 0 Å². The number of azo groups is 1. The smallest absolute Gasteiger partial charge is 0.327 e. The molecule has 2 rings (SSSR count). The molecule has 0 spiro atoms. The number of rotatable bonds is 4. The lowest BCUT2D eigenvalue weighted by molar-refractivity contribution is -0.00715. The summed E-state index contributed by atoms with van der Waals surface area (Å²) in [4.78, 5) is 27.1. The third kappa shape index (κ3) is 2.46. The highest BCUT2D eigenvalue weighted by Crippen LogP contribution is 2.28. The van der Waals surface area contributed by atoms with Crippen LogP contribution >= 0.6 is 0 Å². The zero-order valence-electron chi connectivity index (χ0n) is 10.0. The van der Waals surface area contributed by atoms with E-state index in [1.165, 1.54) is 0 Å². The lowest BCUT2D eigenvalue weighted by Crippen LogP contribution is -2.41. The Hall–Kier alpha value is -2.00. The van der Waals surface area contributed by atoms with E-state index in [0.717, 1.165) is 0 Å². The number of H-pyrrole nitrogens is 2. The van der Waals surface area contributed by atoms with Crippen molar-refractivity contribution >= 4 is 11.5 Å². The van der Waals surface area contributed by atoms with Gasteiger partial charge in [-0.15, -0.1) is 10.2 Å². The lowest BCUT2D eigenvalue weighted by atomic mass is 10.3. The van der Waals surface area contributed by atoms with Crippen molar-refractivity contribution in [1.82, 2.24) is 15.3 Å². The van der Waals surface area contributed by atoms with E-state index in [0.29, 0.717) is 13.2 Å². The van der Waals surface area contributed by atoms with Crippen LogP contribution in [0.4, 0.5) is 11.5 Å². The van der Waals surface area contributed by atoms with Crippen LogP contribution in [0.2, 0.25) is 0 Å². The summed E-state index contributed by atoms with van der Waals surface area (Å²) in [5.41, 5.74) is -1.05. The van der Waals surface area contributed by atoms with Gasteiger partial charge in [0.05, 0.1) is 6.61 Å². The molecule has 1 atom stereocenters. The van der Waals surface area contributed by atoms with Gasteiger partial charge in [-0.25, -0.2) is 4.79 Å². The molecule has 0 bridgehead atoms. The van der Waals surface area contributed by atoms with Gasteiger partial charge in [-0.05, 0) is 7.05 Å². The Labute approximate surface area is 102 Å². The number of likely N-dealkylation sites (N-methyl/N-ethyl adjacent to an activating group) is 1. The van der Waals surface area contributed by atoms with Crippen molar-refractivity contribution < 1.29 is 4.74 Å². The number of aromatic amines is 2. The first-order valence-corrected chi connectivity index (χ1v) is 5.40. The zero-order valence-corrected chi connectivity index (χ0v) is 10.0. The van der Waals surface area contributed by atoms with Gasteiger partial charge in [0.25, 0.3) is 11.4 Å². The van der Waals surface area contributed by atoms with Crippen LogP contribution in [0, 0.1) is 0 Å². The van der Waals surface area contributed by atoms with Gasteiger partial charge in [0, 0.05) is 13.5 Å². The van der Waals surface area contributed by atoms with Crippen LogP contribution in [0.5, 0.6) is 0 Å². The van der Waals surface area contributed by atoms with Crippen molar-refractivity contribution in [2.45, 2.75) is 12.8 Å². The van der Waals surface area contributed by atoms with Gasteiger partial charge < -0.3 is 15.4 Å². The molecule has 4 N–H and O–H groups in total. The molecule has 9 heteroatoms. The predicted molar refractivity (Wildman–Crippen MR) is 64.1 cm³/mol. The topological polar surface area (TPSA) is 124 Å². The number of hydrogen-bond donors (Lipinski definition) is 4. The summed E-state index contributed by atoms with van der Waals surface area (Å²) in [6, 6.07) is 0. The van der Waals surface area contributed by atoms with Gasteiger partial charge in [0.15, 0.2) is 5.82 Å². The van der Waals surface area contributed by atoms with E-state index in [-0.39, 0.29) is 11.5 Å². The van der Waals surface area contributed by atoms with E-state index in [9.17, 15) is 9.59 Å². The number of ether oxygens (including phenoxy) is 1. The van der Waals surface area contributed by atoms with E-state index >= 15 is 0 Å². The third-order valence-electron chi connectivity index (χ3n) is 2.36. The van der Waals surface area contributed by atoms with Crippen LogP contribution in [-0.4, -0.2) is 36.0 Å². The van der Waals surface area contributed by atoms with Crippen molar-refractivity contribution in [2.24, 2.45) is 10.2 Å². The molecule has 0 aliphatic carbocycles. The number of aromatic nitrogens is 2. The summed E-state index contributed by atoms with van der Waals surface area (Å²) in [6.07, 6.45) is 0. The van der Waals surface area contributed by atoms with E-state index in [4.69, 9.17) is 4.74 Å². The molecule has 0 saturated carbocycles. The summed E-state index contributed by atoms with van der Waals surface area (Å²) in [5, 5.41) is 13.4. The minimum atomic E-state index is -1.12. The van der Waals surface area contributed by atoms with Gasteiger partial charge in [-0.2, -0.15) is 0 Å². The number of anilines is 1. The first-order valence-electron chi connectivity index (χ1n) is 5.40. The van der Waals surface area contributed by atoms with Crippen LogP contribution in [0.3, 0.4) is 0 Å². The monoisotopic (exact) mass is 254 g/mol. The van der Waals surface area contributed by atoms with Crippen LogP contribution in [-0.2, 0) is 4.74 Å². The first-order chi connectivity index (χ1) is 8.54. The van der Waals surface area contributed by atoms with Crippen LogP contribution in [0.25, 0.3) is 0 Å². The summed E-state index contributed by atoms with van der Waals surface area (Å²) < 4.78 is 5.47. The average molecular weight is 254 g/mol. The molecule has 0 aromatic carbocycles. The molecule has 0 saturated heterocycles. The molecule has 0 radical (unpaired) electrons. The molecule has 1 unspecified atom stereocenters. The molecule has 1 aromatic rings. The molecule has 98 valence electrons. The Morgan fingerprint density at radius 2 is 2.17 bits per heavy atom. The molecule has 9 nitrogen and oxygen atoms in total. The lowest BCUT2D eigenvalue weighted by Gasteiger charge is -2.28. The molecular formula is C9H14N6O3. The maximum Gasteiger partial charge on any atom is 0.327 e. The van der Waals surface area contributed by atoms with Crippen molar-refractivity contribution in [3.63, 3.8) is 0 Å². The Kier molecular flexibility index (Phi) is 3.26. The Bertz CT molecular complexity index is 576. The van der Waals surface area contributed by atoms with Crippen molar-refractivity contribution in [2.75, 3.05) is 25.5 Å². The van der Waals surface area contributed by atoms with Crippen molar-refractivity contribution in [3.05, 3.63) is 20.8 Å². The second kappa shape index (κ2) is 4.70. The number of nitrogens with zero attached hydrogens (tertiary/aromatic N) is 2. The predicted octanol–water partition coefficient (Wildman–Crippen LogP) is -0.518. The highest BCUT2D eigenvalue weighted by molar-refractivity contribution is 5.60. The highest BCUT2D eigenvalue weighted by atomic mass is 16.5. The number of nitrogens with one attached hydrogen (secondary N) is 4. The van der Waals surface area contributed by atoms with Crippen molar-refractivity contribution in [1.29, 1.82) is 0 Å². The Morgan fingerprint density at radius 3 is 2.89 bits per heavy atom. The molecule has 1 aliphatic rings. The fraction of sp³-hybridized carbons (Fsp3) is 0.556. The van der Waals surface area contributed by atoms with Crippen molar-refractivity contribution in [3.8, 4) is 0 Å². The summed E-state index contributed by atoms with van der Waals surface area (Å²) in [6.45, 7) is 2.68. The summed E-state index contributed by atoms with van der Waals surface area (Å²) >= 11 is 0. The third-order valence-corrected chi connectivity index (χ3v) is 2.36. The van der Waals surface area contributed by atoms with E-state index in [2.05, 4.69) is 30.8 Å². The highest BCUT2D eigenvalue weighted by Gasteiger charge is 2.30. The maximum atomic E-state index is 11.6. The SMILES string of the molecule is CNCCOC1(C)N=Nc2[nH]c(=O)[nH]c(=O)c2N1. The molecule has 0 fully saturated rings. The molecular weight excluding hydrogens is 240 g/mol. The van der Waals surface area contributed by atoms with E-state index < -0.39 is 17.1 Å². The maximum absolute atomic E-state index is 11.6. The van der Waals surface area contributed by atoms with Crippen LogP contribution < -0.4 is 21.9 Å². The van der Waals surface area contributed by atoms with Gasteiger partial charge >= 0.3 is 5.69 Å². The van der Waals surface area contributed by atoms with E-state index in [1.807, 2.05) is 0 Å². The fourth-order valence-corrected chi connectivity index (χ4v) is 1.48. The zero-order chi connectivity index (χ0) is 13.2. The fourth-order valence-electron chi connectivity index (χ4n) is 1.48. The molecule has 2 heterocycles. The Morgan fingerprint density at radius 1 is 1.39 bits per heavy atom. The normalized spacial score (nSPS) is 21.4. The largest absolute Gasteiger partial charge is 0.335 e. The van der Waals surface area contributed by atoms with E-state index in [1.54, 1.807) is 14.0 Å². The minimum Gasteiger partial charge on any atom is -0.335 e. The second-order valence-electron chi connectivity index (χ2n) is 3.89. The summed E-state index contributed by atoms with van der Waals surface area (Å²) in [7, 11) is 1.80. The summed E-state index contributed by atoms with van der Waals surface area (Å²) in [5.74, 6) is -1.02. The minimum absolute atomic E-state index is 0.0958. The van der Waals surface area contributed by atoms with Gasteiger partial charge in [0.1, 0.15) is 5.69 Å². The Balaban J connectivity index is 2.25.